The van der Waals surface area contributed by atoms with Crippen LogP contribution in [0.15, 0.2) is 42.7 Å². The van der Waals surface area contributed by atoms with Gasteiger partial charge in [0.15, 0.2) is 15.7 Å². The molecule has 1 aromatic carbocycles. The number of hydrogen-bond donors (Lipinski definition) is 2. The second kappa shape index (κ2) is 6.25. The quantitative estimate of drug-likeness (QED) is 0.728. The first-order valence-corrected chi connectivity index (χ1v) is 9.69. The van der Waals surface area contributed by atoms with E-state index in [1.807, 2.05) is 30.3 Å². The van der Waals surface area contributed by atoms with Crippen molar-refractivity contribution < 1.29 is 8.42 Å². The average molecular weight is 356 g/mol. The molecule has 1 aliphatic rings. The number of anilines is 3. The van der Waals surface area contributed by atoms with Crippen molar-refractivity contribution in [2.45, 2.75) is 12.5 Å². The lowest BCUT2D eigenvalue weighted by Gasteiger charge is -2.12. The fourth-order valence-electron chi connectivity index (χ4n) is 2.86. The summed E-state index contributed by atoms with van der Waals surface area (Å²) >= 11 is 0. The Kier molecular flexibility index (Phi) is 3.92. The summed E-state index contributed by atoms with van der Waals surface area (Å²) in [6, 6.07) is 9.52. The SMILES string of the molecule is O=S1(=O)CCC(Nc2nncc(Nc3cccc4cccnc34)n2)C1. The van der Waals surface area contributed by atoms with Gasteiger partial charge in [-0.05, 0) is 18.6 Å². The molecule has 1 saturated heterocycles. The number of pyridine rings is 1. The molecule has 4 rings (SSSR count). The van der Waals surface area contributed by atoms with Crippen LogP contribution in [-0.4, -0.2) is 46.1 Å². The molecule has 3 heterocycles. The van der Waals surface area contributed by atoms with Crippen LogP contribution in [0.2, 0.25) is 0 Å². The van der Waals surface area contributed by atoms with E-state index in [4.69, 9.17) is 0 Å². The Balaban J connectivity index is 1.55. The zero-order chi connectivity index (χ0) is 17.3. The summed E-state index contributed by atoms with van der Waals surface area (Å²) in [6.07, 6.45) is 3.80. The maximum Gasteiger partial charge on any atom is 0.244 e. The van der Waals surface area contributed by atoms with E-state index in [-0.39, 0.29) is 17.5 Å². The van der Waals surface area contributed by atoms with Gasteiger partial charge in [-0.1, -0.05) is 18.2 Å². The van der Waals surface area contributed by atoms with Crippen molar-refractivity contribution in [1.82, 2.24) is 20.2 Å². The zero-order valence-corrected chi connectivity index (χ0v) is 14.1. The van der Waals surface area contributed by atoms with Crippen LogP contribution in [0.3, 0.4) is 0 Å². The lowest BCUT2D eigenvalue weighted by atomic mass is 10.2. The van der Waals surface area contributed by atoms with Crippen molar-refractivity contribution in [3.63, 3.8) is 0 Å². The Morgan fingerprint density at radius 3 is 2.88 bits per heavy atom. The topological polar surface area (TPSA) is 110 Å². The van der Waals surface area contributed by atoms with Crippen LogP contribution in [0.25, 0.3) is 10.9 Å². The number of fused-ring (bicyclic) bond motifs is 1. The number of sulfone groups is 1. The predicted molar refractivity (Wildman–Crippen MR) is 95.5 cm³/mol. The van der Waals surface area contributed by atoms with Crippen LogP contribution in [0.5, 0.6) is 0 Å². The van der Waals surface area contributed by atoms with Gasteiger partial charge in [0.05, 0.1) is 28.9 Å². The summed E-state index contributed by atoms with van der Waals surface area (Å²) in [7, 11) is -2.96. The van der Waals surface area contributed by atoms with E-state index in [1.54, 1.807) is 6.20 Å². The molecule has 1 aliphatic heterocycles. The van der Waals surface area contributed by atoms with Crippen LogP contribution in [-0.2, 0) is 9.84 Å². The van der Waals surface area contributed by atoms with Gasteiger partial charge in [0.25, 0.3) is 0 Å². The van der Waals surface area contributed by atoms with E-state index in [2.05, 4.69) is 30.8 Å². The van der Waals surface area contributed by atoms with Crippen molar-refractivity contribution in [2.75, 3.05) is 22.1 Å². The van der Waals surface area contributed by atoms with E-state index in [1.165, 1.54) is 6.20 Å². The second-order valence-electron chi connectivity index (χ2n) is 5.92. The molecule has 0 aliphatic carbocycles. The third-order valence-corrected chi connectivity index (χ3v) is 5.79. The maximum atomic E-state index is 11.5. The van der Waals surface area contributed by atoms with Gasteiger partial charge in [0, 0.05) is 17.6 Å². The molecule has 8 nitrogen and oxygen atoms in total. The summed E-state index contributed by atoms with van der Waals surface area (Å²) in [5.74, 6) is 1.11. The summed E-state index contributed by atoms with van der Waals surface area (Å²) < 4.78 is 23.1. The minimum Gasteiger partial charge on any atom is -0.349 e. The Labute approximate surface area is 144 Å². The van der Waals surface area contributed by atoms with E-state index in [9.17, 15) is 8.42 Å². The zero-order valence-electron chi connectivity index (χ0n) is 13.3. The molecular formula is C16H16N6O2S. The minimum absolute atomic E-state index is 0.0985. The number of rotatable bonds is 4. The van der Waals surface area contributed by atoms with Crippen LogP contribution in [0, 0.1) is 0 Å². The molecule has 1 unspecified atom stereocenters. The molecule has 25 heavy (non-hydrogen) atoms. The smallest absolute Gasteiger partial charge is 0.244 e. The van der Waals surface area contributed by atoms with Crippen LogP contribution < -0.4 is 10.6 Å². The predicted octanol–water partition coefficient (Wildman–Crippen LogP) is 1.76. The standard InChI is InChI=1S/C16H16N6O2S/c23-25(24)8-6-12(10-25)19-16-21-14(9-18-22-16)20-13-5-1-3-11-4-2-7-17-15(11)13/h1-5,7,9,12H,6,8,10H2,(H2,19,20,21,22). The Morgan fingerprint density at radius 1 is 1.16 bits per heavy atom. The normalized spacial score (nSPS) is 19.0. The fourth-order valence-corrected chi connectivity index (χ4v) is 4.53. The first-order valence-electron chi connectivity index (χ1n) is 7.86. The number of nitrogens with one attached hydrogen (secondary N) is 2. The third-order valence-electron chi connectivity index (χ3n) is 4.02. The van der Waals surface area contributed by atoms with Crippen LogP contribution in [0.4, 0.5) is 17.5 Å². The van der Waals surface area contributed by atoms with Gasteiger partial charge in [0.2, 0.25) is 5.95 Å². The van der Waals surface area contributed by atoms with E-state index >= 15 is 0 Å². The Morgan fingerprint density at radius 2 is 2.04 bits per heavy atom. The van der Waals surface area contributed by atoms with Gasteiger partial charge in [0.1, 0.15) is 0 Å². The molecule has 2 N–H and O–H groups in total. The summed E-state index contributed by atoms with van der Waals surface area (Å²) in [5, 5.41) is 15.1. The highest BCUT2D eigenvalue weighted by Gasteiger charge is 2.28. The van der Waals surface area contributed by atoms with E-state index in [0.29, 0.717) is 18.2 Å². The number of benzene rings is 1. The third kappa shape index (κ3) is 3.50. The van der Waals surface area contributed by atoms with Crippen molar-refractivity contribution in [1.29, 1.82) is 0 Å². The molecular weight excluding hydrogens is 340 g/mol. The molecule has 1 fully saturated rings. The Bertz CT molecular complexity index is 1020. The highest BCUT2D eigenvalue weighted by Crippen LogP contribution is 2.24. The van der Waals surface area contributed by atoms with Gasteiger partial charge in [-0.3, -0.25) is 4.98 Å². The summed E-state index contributed by atoms with van der Waals surface area (Å²) in [5.41, 5.74) is 1.65. The summed E-state index contributed by atoms with van der Waals surface area (Å²) in [6.45, 7) is 0. The van der Waals surface area contributed by atoms with Crippen molar-refractivity contribution in [2.24, 2.45) is 0 Å². The Hall–Kier alpha value is -2.81. The first-order chi connectivity index (χ1) is 12.1. The van der Waals surface area contributed by atoms with Crippen LogP contribution >= 0.6 is 0 Å². The van der Waals surface area contributed by atoms with Crippen molar-refractivity contribution in [3.05, 3.63) is 42.7 Å². The van der Waals surface area contributed by atoms with Gasteiger partial charge in [-0.25, -0.2) is 8.42 Å². The largest absolute Gasteiger partial charge is 0.349 e. The summed E-state index contributed by atoms with van der Waals surface area (Å²) in [4.78, 5) is 8.76. The monoisotopic (exact) mass is 356 g/mol. The molecule has 0 radical (unpaired) electrons. The second-order valence-corrected chi connectivity index (χ2v) is 8.14. The number of nitrogens with zero attached hydrogens (tertiary/aromatic N) is 4. The van der Waals surface area contributed by atoms with Gasteiger partial charge < -0.3 is 10.6 Å². The highest BCUT2D eigenvalue weighted by atomic mass is 32.2. The number of aromatic nitrogens is 4. The van der Waals surface area contributed by atoms with Gasteiger partial charge in [-0.2, -0.15) is 10.1 Å². The van der Waals surface area contributed by atoms with E-state index in [0.717, 1.165) is 16.6 Å². The first kappa shape index (κ1) is 15.7. The molecule has 3 aromatic rings. The van der Waals surface area contributed by atoms with Crippen molar-refractivity contribution in [3.8, 4) is 0 Å². The highest BCUT2D eigenvalue weighted by molar-refractivity contribution is 7.91. The van der Waals surface area contributed by atoms with Gasteiger partial charge in [-0.15, -0.1) is 5.10 Å². The van der Waals surface area contributed by atoms with Crippen LogP contribution in [0.1, 0.15) is 6.42 Å². The maximum absolute atomic E-state index is 11.5. The lowest BCUT2D eigenvalue weighted by molar-refractivity contribution is 0.602. The molecule has 1 atom stereocenters. The molecule has 0 saturated carbocycles. The van der Waals surface area contributed by atoms with Crippen molar-refractivity contribution >= 4 is 38.2 Å². The molecule has 2 aromatic heterocycles. The van der Waals surface area contributed by atoms with E-state index < -0.39 is 9.84 Å². The lowest BCUT2D eigenvalue weighted by Crippen LogP contribution is -2.22. The molecule has 0 spiro atoms. The molecule has 0 amide bonds. The molecule has 9 heteroatoms. The minimum atomic E-state index is -2.96. The number of para-hydroxylation sites is 1. The fraction of sp³-hybridized carbons (Fsp3) is 0.250. The van der Waals surface area contributed by atoms with Gasteiger partial charge >= 0.3 is 0 Å². The number of hydrogen-bond acceptors (Lipinski definition) is 8. The average Bonchev–Trinajstić information content (AvgIpc) is 2.94. The molecule has 0 bridgehead atoms. The molecule has 128 valence electrons.